The number of para-hydroxylation sites is 1. The second kappa shape index (κ2) is 7.42. The van der Waals surface area contributed by atoms with E-state index in [9.17, 15) is 4.79 Å². The van der Waals surface area contributed by atoms with E-state index >= 15 is 0 Å². The van der Waals surface area contributed by atoms with E-state index in [1.165, 1.54) is 0 Å². The Bertz CT molecular complexity index is 595. The topological polar surface area (TPSA) is 85.5 Å². The van der Waals surface area contributed by atoms with Crippen molar-refractivity contribution >= 4 is 5.97 Å². The maximum atomic E-state index is 10.4. The summed E-state index contributed by atoms with van der Waals surface area (Å²) < 4.78 is 11.1. The van der Waals surface area contributed by atoms with Gasteiger partial charge in [0.25, 0.3) is 5.89 Å². The van der Waals surface area contributed by atoms with Crippen LogP contribution in [0.3, 0.4) is 0 Å². The molecule has 0 aliphatic rings. The first kappa shape index (κ1) is 15.0. The molecule has 0 amide bonds. The average molecular weight is 290 g/mol. The Kier molecular flexibility index (Phi) is 5.31. The fourth-order valence-electron chi connectivity index (χ4n) is 1.94. The van der Waals surface area contributed by atoms with Crippen molar-refractivity contribution < 1.29 is 19.1 Å². The molecule has 0 saturated heterocycles. The minimum absolute atomic E-state index is 0.161. The van der Waals surface area contributed by atoms with Crippen LogP contribution >= 0.6 is 0 Å². The summed E-state index contributed by atoms with van der Waals surface area (Å²) >= 11 is 0. The Morgan fingerprint density at radius 1 is 1.29 bits per heavy atom. The van der Waals surface area contributed by atoms with Gasteiger partial charge in [-0.25, -0.2) is 0 Å². The van der Waals surface area contributed by atoms with Crippen molar-refractivity contribution in [1.29, 1.82) is 0 Å². The molecule has 1 aromatic carbocycles. The fraction of sp³-hybridized carbons (Fsp3) is 0.400. The number of ether oxygens (including phenoxy) is 1. The number of nitrogens with zero attached hydrogens (tertiary/aromatic N) is 2. The van der Waals surface area contributed by atoms with Gasteiger partial charge in [-0.15, -0.1) is 10.2 Å². The smallest absolute Gasteiger partial charge is 0.303 e. The van der Waals surface area contributed by atoms with Crippen molar-refractivity contribution in [3.05, 3.63) is 30.2 Å². The van der Waals surface area contributed by atoms with Crippen LogP contribution in [-0.2, 0) is 11.2 Å². The molecule has 0 saturated carbocycles. The van der Waals surface area contributed by atoms with Crippen molar-refractivity contribution in [1.82, 2.24) is 10.2 Å². The van der Waals surface area contributed by atoms with Crippen molar-refractivity contribution in [2.45, 2.75) is 32.6 Å². The van der Waals surface area contributed by atoms with E-state index in [1.807, 2.05) is 31.2 Å². The van der Waals surface area contributed by atoms with Crippen LogP contribution < -0.4 is 4.74 Å². The highest BCUT2D eigenvalue weighted by Crippen LogP contribution is 2.28. The van der Waals surface area contributed by atoms with Gasteiger partial charge in [0.15, 0.2) is 0 Å². The molecule has 0 spiro atoms. The summed E-state index contributed by atoms with van der Waals surface area (Å²) in [6.07, 6.45) is 2.05. The standard InChI is InChI=1S/C15H18N2O4/c1-2-20-12-8-4-3-7-11(12)15-17-16-13(21-15)9-5-6-10-14(18)19/h3-4,7-8H,2,5-6,9-10H2,1H3,(H,18,19). The molecule has 21 heavy (non-hydrogen) atoms. The third kappa shape index (κ3) is 4.30. The average Bonchev–Trinajstić information content (AvgIpc) is 2.93. The SMILES string of the molecule is CCOc1ccccc1-c1nnc(CCCCC(=O)O)o1. The van der Waals surface area contributed by atoms with Gasteiger partial charge in [0, 0.05) is 12.8 Å². The zero-order chi connectivity index (χ0) is 15.1. The number of carbonyl (C=O) groups is 1. The number of benzene rings is 1. The van der Waals surface area contributed by atoms with E-state index in [1.54, 1.807) is 0 Å². The summed E-state index contributed by atoms with van der Waals surface area (Å²) in [5.41, 5.74) is 0.767. The number of hydrogen-bond acceptors (Lipinski definition) is 5. The summed E-state index contributed by atoms with van der Waals surface area (Å²) in [7, 11) is 0. The molecule has 6 nitrogen and oxygen atoms in total. The molecule has 0 atom stereocenters. The van der Waals surface area contributed by atoms with Gasteiger partial charge in [0.1, 0.15) is 5.75 Å². The molecule has 6 heteroatoms. The number of aromatic nitrogens is 2. The first-order valence-corrected chi connectivity index (χ1v) is 6.97. The fourth-order valence-corrected chi connectivity index (χ4v) is 1.94. The molecule has 112 valence electrons. The van der Waals surface area contributed by atoms with Crippen LogP contribution in [0.15, 0.2) is 28.7 Å². The monoisotopic (exact) mass is 290 g/mol. The maximum Gasteiger partial charge on any atom is 0.303 e. The van der Waals surface area contributed by atoms with Crippen LogP contribution in [0.1, 0.15) is 32.1 Å². The van der Waals surface area contributed by atoms with Gasteiger partial charge in [0.05, 0.1) is 12.2 Å². The molecule has 1 aromatic heterocycles. The van der Waals surface area contributed by atoms with Gasteiger partial charge < -0.3 is 14.3 Å². The van der Waals surface area contributed by atoms with Crippen molar-refractivity contribution in [2.75, 3.05) is 6.61 Å². The van der Waals surface area contributed by atoms with Crippen LogP contribution in [0, 0.1) is 0 Å². The molecule has 0 radical (unpaired) electrons. The van der Waals surface area contributed by atoms with Crippen LogP contribution in [0.2, 0.25) is 0 Å². The minimum atomic E-state index is -0.785. The van der Waals surface area contributed by atoms with Gasteiger partial charge in [0.2, 0.25) is 5.89 Å². The minimum Gasteiger partial charge on any atom is -0.493 e. The van der Waals surface area contributed by atoms with Crippen LogP contribution in [0.5, 0.6) is 5.75 Å². The van der Waals surface area contributed by atoms with Gasteiger partial charge in [-0.2, -0.15) is 0 Å². The lowest BCUT2D eigenvalue weighted by Crippen LogP contribution is -1.95. The lowest BCUT2D eigenvalue weighted by Gasteiger charge is -2.06. The molecule has 0 aliphatic heterocycles. The third-order valence-electron chi connectivity index (χ3n) is 2.92. The van der Waals surface area contributed by atoms with E-state index in [0.717, 1.165) is 5.56 Å². The molecule has 0 unspecified atom stereocenters. The predicted molar refractivity (Wildman–Crippen MR) is 76.1 cm³/mol. The number of carboxylic acids is 1. The van der Waals surface area contributed by atoms with Crippen LogP contribution in [0.4, 0.5) is 0 Å². The zero-order valence-corrected chi connectivity index (χ0v) is 11.9. The third-order valence-corrected chi connectivity index (χ3v) is 2.92. The van der Waals surface area contributed by atoms with Crippen molar-refractivity contribution in [2.24, 2.45) is 0 Å². The molecule has 0 aliphatic carbocycles. The quantitative estimate of drug-likeness (QED) is 0.752. The van der Waals surface area contributed by atoms with Gasteiger partial charge >= 0.3 is 5.97 Å². The number of unbranched alkanes of at least 4 members (excludes halogenated alkanes) is 1. The normalized spacial score (nSPS) is 10.5. The van der Waals surface area contributed by atoms with Gasteiger partial charge in [-0.05, 0) is 31.9 Å². The lowest BCUT2D eigenvalue weighted by molar-refractivity contribution is -0.137. The summed E-state index contributed by atoms with van der Waals surface area (Å²) in [6.45, 7) is 2.48. The van der Waals surface area contributed by atoms with Crippen LogP contribution in [0.25, 0.3) is 11.5 Å². The number of hydrogen-bond donors (Lipinski definition) is 1. The van der Waals surface area contributed by atoms with Crippen molar-refractivity contribution in [3.63, 3.8) is 0 Å². The Morgan fingerprint density at radius 2 is 2.10 bits per heavy atom. The molecular weight excluding hydrogens is 272 g/mol. The number of carboxylic acid groups (broad SMARTS) is 1. The Morgan fingerprint density at radius 3 is 2.86 bits per heavy atom. The second-order valence-electron chi connectivity index (χ2n) is 4.53. The summed E-state index contributed by atoms with van der Waals surface area (Å²) in [5.74, 6) is 0.863. The molecule has 0 fully saturated rings. The molecule has 1 N–H and O–H groups in total. The molecular formula is C15H18N2O4. The van der Waals surface area contributed by atoms with E-state index in [2.05, 4.69) is 10.2 Å². The first-order valence-electron chi connectivity index (χ1n) is 6.97. The molecule has 0 bridgehead atoms. The highest BCUT2D eigenvalue weighted by atomic mass is 16.5. The number of aliphatic carboxylic acids is 1. The number of rotatable bonds is 8. The van der Waals surface area contributed by atoms with Gasteiger partial charge in [-0.3, -0.25) is 4.79 Å². The summed E-state index contributed by atoms with van der Waals surface area (Å²) in [5, 5.41) is 16.6. The highest BCUT2D eigenvalue weighted by Gasteiger charge is 2.13. The van der Waals surface area contributed by atoms with Gasteiger partial charge in [-0.1, -0.05) is 12.1 Å². The van der Waals surface area contributed by atoms with E-state index in [4.69, 9.17) is 14.3 Å². The largest absolute Gasteiger partial charge is 0.493 e. The Balaban J connectivity index is 2.01. The molecule has 1 heterocycles. The summed E-state index contributed by atoms with van der Waals surface area (Å²) in [4.78, 5) is 10.4. The molecule has 2 rings (SSSR count). The maximum absolute atomic E-state index is 10.4. The predicted octanol–water partition coefficient (Wildman–Crippen LogP) is 2.93. The Hall–Kier alpha value is -2.37. The zero-order valence-electron chi connectivity index (χ0n) is 11.9. The van der Waals surface area contributed by atoms with E-state index in [0.29, 0.717) is 43.4 Å². The van der Waals surface area contributed by atoms with Crippen LogP contribution in [-0.4, -0.2) is 27.9 Å². The van der Waals surface area contributed by atoms with E-state index in [-0.39, 0.29) is 6.42 Å². The lowest BCUT2D eigenvalue weighted by atomic mass is 10.2. The first-order chi connectivity index (χ1) is 10.2. The summed E-state index contributed by atoms with van der Waals surface area (Å²) in [6, 6.07) is 7.49. The Labute approximate surface area is 122 Å². The van der Waals surface area contributed by atoms with E-state index < -0.39 is 5.97 Å². The molecule has 2 aromatic rings. The highest BCUT2D eigenvalue weighted by molar-refractivity contribution is 5.66. The number of aryl methyl sites for hydroxylation is 1. The second-order valence-corrected chi connectivity index (χ2v) is 4.53. The van der Waals surface area contributed by atoms with Crippen molar-refractivity contribution in [3.8, 4) is 17.2 Å².